The Morgan fingerprint density at radius 2 is 2.19 bits per heavy atom. The highest BCUT2D eigenvalue weighted by Crippen LogP contribution is 2.40. The van der Waals surface area contributed by atoms with E-state index in [1.54, 1.807) is 12.5 Å². The van der Waals surface area contributed by atoms with Crippen LogP contribution < -0.4 is 5.32 Å². The van der Waals surface area contributed by atoms with Crippen molar-refractivity contribution < 1.29 is 9.90 Å². The van der Waals surface area contributed by atoms with E-state index < -0.39 is 5.97 Å². The molecule has 0 aromatic carbocycles. The van der Waals surface area contributed by atoms with E-state index in [0.29, 0.717) is 16.8 Å². The van der Waals surface area contributed by atoms with Gasteiger partial charge >= 0.3 is 5.97 Å². The molecular formula is C13H13N5O2S. The molecule has 0 amide bonds. The van der Waals surface area contributed by atoms with Crippen molar-refractivity contribution in [2.24, 2.45) is 0 Å². The summed E-state index contributed by atoms with van der Waals surface area (Å²) in [5.41, 5.74) is 1.66. The topological polar surface area (TPSA) is 101 Å². The van der Waals surface area contributed by atoms with Gasteiger partial charge in [-0.15, -0.1) is 10.2 Å². The van der Waals surface area contributed by atoms with Crippen molar-refractivity contribution in [3.8, 4) is 0 Å². The van der Waals surface area contributed by atoms with Crippen LogP contribution in [0.3, 0.4) is 0 Å². The third kappa shape index (κ3) is 3.10. The van der Waals surface area contributed by atoms with Crippen LogP contribution in [0.2, 0.25) is 0 Å². The van der Waals surface area contributed by atoms with Gasteiger partial charge in [-0.05, 0) is 36.6 Å². The first kappa shape index (κ1) is 13.7. The van der Waals surface area contributed by atoms with Crippen LogP contribution in [0.15, 0.2) is 23.6 Å². The average Bonchev–Trinajstić information content (AvgIpc) is 3.32. The number of thioether (sulfide) groups is 1. The van der Waals surface area contributed by atoms with Gasteiger partial charge in [-0.3, -0.25) is 4.98 Å². The number of carbonyl (C=O) groups is 1. The summed E-state index contributed by atoms with van der Waals surface area (Å²) in [7, 11) is 0. The third-order valence-corrected chi connectivity index (χ3v) is 3.66. The first-order valence-electron chi connectivity index (χ1n) is 6.41. The van der Waals surface area contributed by atoms with E-state index in [9.17, 15) is 4.79 Å². The summed E-state index contributed by atoms with van der Waals surface area (Å²) in [6.45, 7) is 0. The van der Waals surface area contributed by atoms with Gasteiger partial charge < -0.3 is 10.4 Å². The number of nitrogens with one attached hydrogen (secondary N) is 1. The van der Waals surface area contributed by atoms with E-state index >= 15 is 0 Å². The Labute approximate surface area is 125 Å². The second-order valence-electron chi connectivity index (χ2n) is 4.71. The number of carboxylic acid groups (broad SMARTS) is 1. The zero-order valence-electron chi connectivity index (χ0n) is 11.3. The molecule has 3 rings (SSSR count). The summed E-state index contributed by atoms with van der Waals surface area (Å²) in [5.74, 6) is -0.420. The van der Waals surface area contributed by atoms with Crippen molar-refractivity contribution in [1.82, 2.24) is 20.2 Å². The number of carboxylic acids is 1. The zero-order chi connectivity index (χ0) is 14.8. The summed E-state index contributed by atoms with van der Waals surface area (Å²) in [6, 6.07) is 1.97. The Bertz CT molecular complexity index is 690. The van der Waals surface area contributed by atoms with Crippen LogP contribution in [-0.4, -0.2) is 37.5 Å². The van der Waals surface area contributed by atoms with Crippen LogP contribution in [0.1, 0.15) is 34.8 Å². The molecule has 108 valence electrons. The number of rotatable bonds is 5. The smallest absolute Gasteiger partial charge is 0.360 e. The molecule has 21 heavy (non-hydrogen) atoms. The van der Waals surface area contributed by atoms with Gasteiger partial charge in [0, 0.05) is 6.20 Å². The maximum Gasteiger partial charge on any atom is 0.360 e. The molecular weight excluding hydrogens is 290 g/mol. The average molecular weight is 303 g/mol. The van der Waals surface area contributed by atoms with Crippen LogP contribution in [-0.2, 0) is 0 Å². The minimum atomic E-state index is -1.17. The van der Waals surface area contributed by atoms with E-state index in [1.165, 1.54) is 24.6 Å². The predicted molar refractivity (Wildman–Crippen MR) is 78.1 cm³/mol. The molecule has 7 nitrogen and oxygen atoms in total. The fraction of sp³-hybridized carbons (Fsp3) is 0.308. The number of hydrogen-bond acceptors (Lipinski definition) is 7. The quantitative estimate of drug-likeness (QED) is 0.811. The lowest BCUT2D eigenvalue weighted by Gasteiger charge is -2.09. The van der Waals surface area contributed by atoms with E-state index in [4.69, 9.17) is 5.11 Å². The van der Waals surface area contributed by atoms with E-state index in [2.05, 4.69) is 25.5 Å². The second kappa shape index (κ2) is 5.65. The minimum absolute atomic E-state index is 0.177. The van der Waals surface area contributed by atoms with Crippen molar-refractivity contribution in [1.29, 1.82) is 0 Å². The van der Waals surface area contributed by atoms with Crippen molar-refractivity contribution in [3.05, 3.63) is 29.7 Å². The van der Waals surface area contributed by atoms with Gasteiger partial charge in [0.2, 0.25) is 10.9 Å². The standard InChI is InChI=1S/C13H13N5O2S/c1-21-13-16-11(10(12(19)20)17-18-13)15-9-4-8(5-14-6-9)7-2-3-7/h4-7H,2-3H2,1H3,(H,19,20)(H,15,16,18). The molecule has 2 aromatic rings. The molecule has 0 spiro atoms. The van der Waals surface area contributed by atoms with E-state index in [-0.39, 0.29) is 11.5 Å². The Morgan fingerprint density at radius 1 is 1.38 bits per heavy atom. The molecule has 1 saturated carbocycles. The van der Waals surface area contributed by atoms with Crippen molar-refractivity contribution in [2.75, 3.05) is 11.6 Å². The molecule has 0 aliphatic heterocycles. The van der Waals surface area contributed by atoms with Crippen LogP contribution >= 0.6 is 11.8 Å². The van der Waals surface area contributed by atoms with Gasteiger partial charge in [0.25, 0.3) is 0 Å². The van der Waals surface area contributed by atoms with E-state index in [1.807, 2.05) is 12.3 Å². The van der Waals surface area contributed by atoms with Crippen molar-refractivity contribution in [2.45, 2.75) is 23.9 Å². The number of pyridine rings is 1. The highest BCUT2D eigenvalue weighted by molar-refractivity contribution is 7.98. The maximum atomic E-state index is 11.2. The highest BCUT2D eigenvalue weighted by Gasteiger charge is 2.24. The van der Waals surface area contributed by atoms with Gasteiger partial charge in [0.15, 0.2) is 5.82 Å². The van der Waals surface area contributed by atoms with Crippen LogP contribution in [0, 0.1) is 0 Å². The monoisotopic (exact) mass is 303 g/mol. The van der Waals surface area contributed by atoms with Gasteiger partial charge in [0.1, 0.15) is 0 Å². The fourth-order valence-electron chi connectivity index (χ4n) is 1.93. The SMILES string of the molecule is CSc1nnc(C(=O)O)c(Nc2cncc(C3CC3)c2)n1. The van der Waals surface area contributed by atoms with E-state index in [0.717, 1.165) is 5.56 Å². The molecule has 0 saturated heterocycles. The molecule has 2 aromatic heterocycles. The Balaban J connectivity index is 1.92. The summed E-state index contributed by atoms with van der Waals surface area (Å²) < 4.78 is 0. The first-order chi connectivity index (χ1) is 10.2. The molecule has 2 N–H and O–H groups in total. The van der Waals surface area contributed by atoms with Gasteiger partial charge in [-0.1, -0.05) is 11.8 Å². The Hall–Kier alpha value is -2.22. The largest absolute Gasteiger partial charge is 0.476 e. The van der Waals surface area contributed by atoms with Gasteiger partial charge in [-0.25, -0.2) is 9.78 Å². The molecule has 0 radical (unpaired) electrons. The van der Waals surface area contributed by atoms with Crippen LogP contribution in [0.5, 0.6) is 0 Å². The summed E-state index contributed by atoms with van der Waals surface area (Å²) in [5, 5.41) is 20.0. The minimum Gasteiger partial charge on any atom is -0.476 e. The molecule has 0 atom stereocenters. The molecule has 1 aliphatic carbocycles. The molecule has 0 unspecified atom stereocenters. The second-order valence-corrected chi connectivity index (χ2v) is 5.48. The first-order valence-corrected chi connectivity index (χ1v) is 7.64. The lowest BCUT2D eigenvalue weighted by Crippen LogP contribution is -2.10. The number of hydrogen-bond donors (Lipinski definition) is 2. The fourth-order valence-corrected chi connectivity index (χ4v) is 2.24. The molecule has 1 fully saturated rings. The lowest BCUT2D eigenvalue weighted by molar-refractivity contribution is 0.0689. The zero-order valence-corrected chi connectivity index (χ0v) is 12.1. The van der Waals surface area contributed by atoms with Crippen LogP contribution in [0.25, 0.3) is 0 Å². The number of aromatic carboxylic acids is 1. The molecule has 0 bridgehead atoms. The van der Waals surface area contributed by atoms with Gasteiger partial charge in [-0.2, -0.15) is 0 Å². The number of aromatic nitrogens is 4. The third-order valence-electron chi connectivity index (χ3n) is 3.12. The van der Waals surface area contributed by atoms with Crippen LogP contribution in [0.4, 0.5) is 11.5 Å². The maximum absolute atomic E-state index is 11.2. The van der Waals surface area contributed by atoms with Gasteiger partial charge in [0.05, 0.1) is 11.9 Å². The van der Waals surface area contributed by atoms with Crippen molar-refractivity contribution >= 4 is 29.2 Å². The molecule has 2 heterocycles. The Kier molecular flexibility index (Phi) is 3.70. The van der Waals surface area contributed by atoms with Crippen molar-refractivity contribution in [3.63, 3.8) is 0 Å². The molecule has 8 heteroatoms. The normalized spacial score (nSPS) is 14.0. The number of anilines is 2. The molecule has 1 aliphatic rings. The highest BCUT2D eigenvalue weighted by atomic mass is 32.2. The lowest BCUT2D eigenvalue weighted by atomic mass is 10.2. The Morgan fingerprint density at radius 3 is 2.86 bits per heavy atom. The predicted octanol–water partition coefficient (Wildman–Crippen LogP) is 2.31. The summed E-state index contributed by atoms with van der Waals surface area (Å²) in [6.07, 6.45) is 7.63. The summed E-state index contributed by atoms with van der Waals surface area (Å²) >= 11 is 1.30. The number of nitrogens with zero attached hydrogens (tertiary/aromatic N) is 4. The summed E-state index contributed by atoms with van der Waals surface area (Å²) in [4.78, 5) is 19.5.